The van der Waals surface area contributed by atoms with E-state index in [4.69, 9.17) is 9.47 Å². The van der Waals surface area contributed by atoms with Gasteiger partial charge < -0.3 is 20.1 Å². The van der Waals surface area contributed by atoms with Gasteiger partial charge in [-0.1, -0.05) is 30.3 Å². The van der Waals surface area contributed by atoms with Crippen LogP contribution in [0.4, 0.5) is 5.69 Å². The van der Waals surface area contributed by atoms with Crippen LogP contribution in [0.2, 0.25) is 0 Å². The fourth-order valence-corrected chi connectivity index (χ4v) is 2.57. The van der Waals surface area contributed by atoms with Crippen molar-refractivity contribution in [2.75, 3.05) is 26.1 Å². The van der Waals surface area contributed by atoms with Gasteiger partial charge in [0.15, 0.2) is 0 Å². The van der Waals surface area contributed by atoms with Crippen LogP contribution < -0.4 is 20.1 Å². The van der Waals surface area contributed by atoms with Gasteiger partial charge in [-0.15, -0.1) is 0 Å². The first kappa shape index (κ1) is 20.3. The summed E-state index contributed by atoms with van der Waals surface area (Å²) in [5.41, 5.74) is 0.290. The molecule has 0 heterocycles. The number of carbonyl (C=O) groups excluding carboxylic acids is 2. The average molecular weight is 370 g/mol. The molecule has 0 unspecified atom stereocenters. The zero-order valence-electron chi connectivity index (χ0n) is 16.2. The second kappa shape index (κ2) is 9.07. The first-order valence-electron chi connectivity index (χ1n) is 8.74. The van der Waals surface area contributed by atoms with Gasteiger partial charge in [0.1, 0.15) is 16.9 Å². The molecule has 6 heteroatoms. The predicted molar refractivity (Wildman–Crippen MR) is 105 cm³/mol. The zero-order chi connectivity index (χ0) is 19.9. The lowest BCUT2D eigenvalue weighted by atomic mass is 9.90. The molecule has 27 heavy (non-hydrogen) atoms. The number of nitrogens with one attached hydrogen (secondary N) is 2. The van der Waals surface area contributed by atoms with Crippen molar-refractivity contribution in [2.45, 2.75) is 20.3 Å². The molecule has 0 saturated heterocycles. The maximum atomic E-state index is 12.6. The molecule has 0 aromatic heterocycles. The number of hydrogen-bond acceptors (Lipinski definition) is 4. The molecule has 0 radical (unpaired) electrons. The van der Waals surface area contributed by atoms with Gasteiger partial charge >= 0.3 is 0 Å². The van der Waals surface area contributed by atoms with E-state index in [1.54, 1.807) is 39.2 Å². The van der Waals surface area contributed by atoms with Crippen LogP contribution in [-0.2, 0) is 16.0 Å². The summed E-state index contributed by atoms with van der Waals surface area (Å²) in [6.07, 6.45) is 0.611. The maximum Gasteiger partial charge on any atom is 0.239 e. The molecule has 0 bridgehead atoms. The number of rotatable bonds is 8. The Bertz CT molecular complexity index is 802. The van der Waals surface area contributed by atoms with E-state index in [-0.39, 0.29) is 5.91 Å². The Balaban J connectivity index is 1.96. The third-order valence-electron chi connectivity index (χ3n) is 4.36. The van der Waals surface area contributed by atoms with Crippen molar-refractivity contribution < 1.29 is 19.1 Å². The fraction of sp³-hybridized carbons (Fsp3) is 0.333. The molecule has 0 fully saturated rings. The number of anilines is 1. The molecule has 0 aliphatic carbocycles. The molecule has 2 amide bonds. The number of methoxy groups -OCH3 is 2. The average Bonchev–Trinajstić information content (AvgIpc) is 2.68. The van der Waals surface area contributed by atoms with Gasteiger partial charge in [-0.05, 0) is 44.0 Å². The van der Waals surface area contributed by atoms with E-state index in [1.807, 2.05) is 30.3 Å². The topological polar surface area (TPSA) is 76.7 Å². The smallest absolute Gasteiger partial charge is 0.239 e. The predicted octanol–water partition coefficient (Wildman–Crippen LogP) is 3.03. The molecular weight excluding hydrogens is 344 g/mol. The SMILES string of the molecule is COc1ccccc1CCNC(=O)C(C)(C)C(=O)Nc1ccccc1OC. The molecule has 2 aromatic rings. The highest BCUT2D eigenvalue weighted by Gasteiger charge is 2.36. The first-order valence-corrected chi connectivity index (χ1v) is 8.74. The van der Waals surface area contributed by atoms with E-state index in [1.165, 1.54) is 7.11 Å². The highest BCUT2D eigenvalue weighted by atomic mass is 16.5. The van der Waals surface area contributed by atoms with E-state index in [0.29, 0.717) is 24.4 Å². The molecule has 0 aliphatic heterocycles. The number of amides is 2. The van der Waals surface area contributed by atoms with E-state index in [9.17, 15) is 9.59 Å². The van der Waals surface area contributed by atoms with E-state index in [0.717, 1.165) is 11.3 Å². The zero-order valence-corrected chi connectivity index (χ0v) is 16.2. The summed E-state index contributed by atoms with van der Waals surface area (Å²) in [5, 5.41) is 5.60. The minimum Gasteiger partial charge on any atom is -0.496 e. The lowest BCUT2D eigenvalue weighted by molar-refractivity contribution is -0.138. The highest BCUT2D eigenvalue weighted by molar-refractivity contribution is 6.10. The molecule has 0 atom stereocenters. The van der Waals surface area contributed by atoms with E-state index < -0.39 is 11.3 Å². The molecule has 0 saturated carbocycles. The molecule has 0 aliphatic rings. The van der Waals surface area contributed by atoms with Crippen molar-refractivity contribution in [3.63, 3.8) is 0 Å². The quantitative estimate of drug-likeness (QED) is 0.701. The van der Waals surface area contributed by atoms with Gasteiger partial charge in [0.25, 0.3) is 0 Å². The number of carbonyl (C=O) groups is 2. The van der Waals surface area contributed by atoms with Crippen molar-refractivity contribution in [1.82, 2.24) is 5.32 Å². The standard InChI is InChI=1S/C21H26N2O4/c1-21(2,20(25)23-16-10-6-8-12-18(16)27-4)19(24)22-14-13-15-9-5-7-11-17(15)26-3/h5-12H,13-14H2,1-4H3,(H,22,24)(H,23,25). The summed E-state index contributed by atoms with van der Waals surface area (Å²) in [4.78, 5) is 25.2. The van der Waals surface area contributed by atoms with Gasteiger partial charge in [0.2, 0.25) is 11.8 Å². The maximum absolute atomic E-state index is 12.6. The molecule has 6 nitrogen and oxygen atoms in total. The third kappa shape index (κ3) is 5.00. The minimum absolute atomic E-state index is 0.343. The summed E-state index contributed by atoms with van der Waals surface area (Å²) in [6.45, 7) is 3.59. The summed E-state index contributed by atoms with van der Waals surface area (Å²) < 4.78 is 10.5. The van der Waals surface area contributed by atoms with Crippen molar-refractivity contribution in [3.8, 4) is 11.5 Å². The highest BCUT2D eigenvalue weighted by Crippen LogP contribution is 2.26. The Morgan fingerprint density at radius 3 is 2.15 bits per heavy atom. The van der Waals surface area contributed by atoms with Crippen molar-refractivity contribution in [3.05, 3.63) is 54.1 Å². The van der Waals surface area contributed by atoms with Crippen molar-refractivity contribution in [1.29, 1.82) is 0 Å². The third-order valence-corrected chi connectivity index (χ3v) is 4.36. The Hall–Kier alpha value is -3.02. The summed E-state index contributed by atoms with van der Waals surface area (Å²) >= 11 is 0. The monoisotopic (exact) mass is 370 g/mol. The molecule has 2 N–H and O–H groups in total. The van der Waals surface area contributed by atoms with Gasteiger partial charge in [0.05, 0.1) is 19.9 Å². The Labute approximate surface area is 159 Å². The molecular formula is C21H26N2O4. The van der Waals surface area contributed by atoms with Crippen LogP contribution in [0.1, 0.15) is 19.4 Å². The molecule has 2 rings (SSSR count). The van der Waals surface area contributed by atoms with Gasteiger partial charge in [0, 0.05) is 6.54 Å². The summed E-state index contributed by atoms with van der Waals surface area (Å²) in [7, 11) is 3.14. The van der Waals surface area contributed by atoms with Crippen LogP contribution in [0.25, 0.3) is 0 Å². The van der Waals surface area contributed by atoms with E-state index >= 15 is 0 Å². The number of ether oxygens (including phenoxy) is 2. The minimum atomic E-state index is -1.23. The second-order valence-electron chi connectivity index (χ2n) is 6.60. The van der Waals surface area contributed by atoms with Gasteiger partial charge in [-0.25, -0.2) is 0 Å². The van der Waals surface area contributed by atoms with Crippen LogP contribution in [-0.4, -0.2) is 32.6 Å². The van der Waals surface area contributed by atoms with Crippen molar-refractivity contribution >= 4 is 17.5 Å². The Kier molecular flexibility index (Phi) is 6.82. The van der Waals surface area contributed by atoms with Crippen LogP contribution in [0, 0.1) is 5.41 Å². The molecule has 2 aromatic carbocycles. The van der Waals surface area contributed by atoms with Crippen LogP contribution in [0.5, 0.6) is 11.5 Å². The summed E-state index contributed by atoms with van der Waals surface area (Å²) in [6, 6.07) is 14.7. The van der Waals surface area contributed by atoms with Gasteiger partial charge in [-0.3, -0.25) is 9.59 Å². The van der Waals surface area contributed by atoms with Crippen molar-refractivity contribution in [2.24, 2.45) is 5.41 Å². The number of para-hydroxylation sites is 3. The first-order chi connectivity index (χ1) is 12.9. The number of hydrogen-bond donors (Lipinski definition) is 2. The van der Waals surface area contributed by atoms with Crippen LogP contribution in [0.3, 0.4) is 0 Å². The lowest BCUT2D eigenvalue weighted by Gasteiger charge is -2.23. The lowest BCUT2D eigenvalue weighted by Crippen LogP contribution is -2.45. The Morgan fingerprint density at radius 1 is 0.889 bits per heavy atom. The van der Waals surface area contributed by atoms with Crippen LogP contribution >= 0.6 is 0 Å². The van der Waals surface area contributed by atoms with Gasteiger partial charge in [-0.2, -0.15) is 0 Å². The molecule has 0 spiro atoms. The normalized spacial score (nSPS) is 10.8. The summed E-state index contributed by atoms with van der Waals surface area (Å²) in [5.74, 6) is 0.574. The van der Waals surface area contributed by atoms with Crippen LogP contribution in [0.15, 0.2) is 48.5 Å². The largest absolute Gasteiger partial charge is 0.496 e. The second-order valence-corrected chi connectivity index (χ2v) is 6.60. The van der Waals surface area contributed by atoms with E-state index in [2.05, 4.69) is 10.6 Å². The number of benzene rings is 2. The Morgan fingerprint density at radius 2 is 1.48 bits per heavy atom. The molecule has 144 valence electrons. The fourth-order valence-electron chi connectivity index (χ4n) is 2.57.